The van der Waals surface area contributed by atoms with Gasteiger partial charge in [0.05, 0.1) is 10.5 Å². The number of para-hydroxylation sites is 3. The van der Waals surface area contributed by atoms with Crippen molar-refractivity contribution in [3.63, 3.8) is 0 Å². The maximum atomic E-state index is 13.2. The largest absolute Gasteiger partial charge is 0.454 e. The summed E-state index contributed by atoms with van der Waals surface area (Å²) in [6.45, 7) is 5.84. The molecule has 2 aliphatic heterocycles. The molecule has 164 valence electrons. The summed E-state index contributed by atoms with van der Waals surface area (Å²) in [5.41, 5.74) is 3.74. The zero-order chi connectivity index (χ0) is 22.3. The number of piperazine rings is 1. The van der Waals surface area contributed by atoms with Crippen LogP contribution in [0.3, 0.4) is 0 Å². The van der Waals surface area contributed by atoms with Gasteiger partial charge in [-0.25, -0.2) is 13.4 Å². The normalized spacial score (nSPS) is 16.4. The zero-order valence-electron chi connectivity index (χ0n) is 18.2. The molecule has 0 bridgehead atoms. The molecule has 32 heavy (non-hydrogen) atoms. The standard InChI is InChI=1S/C25H25N3O3S/c1-18-11-12-20(17-19(18)2)32(29,30)28-15-13-27(14-16-28)25-21-7-3-5-9-23(21)31-24-10-6-4-8-22(24)26-25/h3-12,17H,13-16H2,1-2H3. The number of sulfonamides is 1. The predicted octanol–water partition coefficient (Wildman–Crippen LogP) is 4.49. The molecule has 0 saturated carbocycles. The highest BCUT2D eigenvalue weighted by Crippen LogP contribution is 2.38. The molecular weight excluding hydrogens is 422 g/mol. The van der Waals surface area contributed by atoms with E-state index in [0.717, 1.165) is 34.0 Å². The van der Waals surface area contributed by atoms with Crippen LogP contribution >= 0.6 is 0 Å². The summed E-state index contributed by atoms with van der Waals surface area (Å²) in [7, 11) is -3.53. The first-order chi connectivity index (χ1) is 15.4. The van der Waals surface area contributed by atoms with Crippen molar-refractivity contribution in [1.82, 2.24) is 9.21 Å². The Balaban J connectivity index is 1.42. The second kappa shape index (κ2) is 8.07. The van der Waals surface area contributed by atoms with E-state index < -0.39 is 10.0 Å². The Morgan fingerprint density at radius 3 is 2.25 bits per heavy atom. The Kier molecular flexibility index (Phi) is 5.23. The second-order valence-corrected chi connectivity index (χ2v) is 10.1. The van der Waals surface area contributed by atoms with Gasteiger partial charge in [-0.05, 0) is 61.4 Å². The van der Waals surface area contributed by atoms with Gasteiger partial charge in [0.15, 0.2) is 5.75 Å². The van der Waals surface area contributed by atoms with Gasteiger partial charge < -0.3 is 9.64 Å². The molecule has 0 N–H and O–H groups in total. The van der Waals surface area contributed by atoms with E-state index in [1.54, 1.807) is 16.4 Å². The van der Waals surface area contributed by atoms with Gasteiger partial charge in [0.25, 0.3) is 0 Å². The lowest BCUT2D eigenvalue weighted by molar-refractivity contribution is 0.266. The van der Waals surface area contributed by atoms with Gasteiger partial charge >= 0.3 is 0 Å². The number of hydrogen-bond donors (Lipinski definition) is 0. The maximum absolute atomic E-state index is 13.2. The summed E-state index contributed by atoms with van der Waals surface area (Å²) in [4.78, 5) is 7.43. The van der Waals surface area contributed by atoms with Gasteiger partial charge in [0, 0.05) is 26.2 Å². The van der Waals surface area contributed by atoms with Crippen molar-refractivity contribution in [2.24, 2.45) is 4.99 Å². The monoisotopic (exact) mass is 447 g/mol. The van der Waals surface area contributed by atoms with E-state index in [1.165, 1.54) is 0 Å². The molecule has 0 spiro atoms. The average Bonchev–Trinajstić information content (AvgIpc) is 2.97. The first kappa shape index (κ1) is 20.7. The second-order valence-electron chi connectivity index (χ2n) is 8.14. The summed E-state index contributed by atoms with van der Waals surface area (Å²) < 4.78 is 34.1. The van der Waals surface area contributed by atoms with Crippen molar-refractivity contribution >= 4 is 21.5 Å². The van der Waals surface area contributed by atoms with Crippen molar-refractivity contribution in [2.45, 2.75) is 18.7 Å². The topological polar surface area (TPSA) is 62.2 Å². The molecule has 0 radical (unpaired) electrons. The van der Waals surface area contributed by atoms with E-state index in [1.807, 2.05) is 68.4 Å². The molecular formula is C25H25N3O3S. The number of amidine groups is 1. The molecule has 0 aliphatic carbocycles. The van der Waals surface area contributed by atoms with Crippen molar-refractivity contribution in [3.8, 4) is 11.5 Å². The minimum atomic E-state index is -3.53. The predicted molar refractivity (Wildman–Crippen MR) is 125 cm³/mol. The van der Waals surface area contributed by atoms with E-state index >= 15 is 0 Å². The molecule has 5 rings (SSSR count). The van der Waals surface area contributed by atoms with Crippen molar-refractivity contribution < 1.29 is 13.2 Å². The van der Waals surface area contributed by atoms with E-state index in [9.17, 15) is 8.42 Å². The van der Waals surface area contributed by atoms with Gasteiger partial charge in [0.1, 0.15) is 17.3 Å². The van der Waals surface area contributed by atoms with E-state index in [2.05, 4.69) is 4.90 Å². The van der Waals surface area contributed by atoms with E-state index in [-0.39, 0.29) is 0 Å². The van der Waals surface area contributed by atoms with Crippen LogP contribution in [0.1, 0.15) is 16.7 Å². The van der Waals surface area contributed by atoms with Gasteiger partial charge in [-0.1, -0.05) is 30.3 Å². The van der Waals surface area contributed by atoms with Gasteiger partial charge in [-0.2, -0.15) is 4.31 Å². The molecule has 1 saturated heterocycles. The minimum Gasteiger partial charge on any atom is -0.454 e. The number of rotatable bonds is 2. The molecule has 0 atom stereocenters. The molecule has 1 fully saturated rings. The molecule has 0 amide bonds. The molecule has 0 unspecified atom stereocenters. The first-order valence-electron chi connectivity index (χ1n) is 10.7. The van der Waals surface area contributed by atoms with Crippen LogP contribution in [-0.2, 0) is 10.0 Å². The summed E-state index contributed by atoms with van der Waals surface area (Å²) in [6.07, 6.45) is 0. The van der Waals surface area contributed by atoms with Gasteiger partial charge in [-0.15, -0.1) is 0 Å². The zero-order valence-corrected chi connectivity index (χ0v) is 19.0. The summed E-state index contributed by atoms with van der Waals surface area (Å²) in [5, 5.41) is 0. The van der Waals surface area contributed by atoms with Gasteiger partial charge in [0.2, 0.25) is 10.0 Å². The molecule has 0 aromatic heterocycles. The summed E-state index contributed by atoms with van der Waals surface area (Å²) in [5.74, 6) is 2.28. The van der Waals surface area contributed by atoms with Crippen LogP contribution < -0.4 is 4.74 Å². The Labute approximate surface area is 188 Å². The minimum absolute atomic E-state index is 0.355. The van der Waals surface area contributed by atoms with E-state index in [4.69, 9.17) is 9.73 Å². The number of aliphatic imine (C=N–C) groups is 1. The Hall–Kier alpha value is -3.16. The van der Waals surface area contributed by atoms with Crippen LogP contribution in [0.15, 0.2) is 76.6 Å². The fraction of sp³-hybridized carbons (Fsp3) is 0.240. The quantitative estimate of drug-likeness (QED) is 0.581. The van der Waals surface area contributed by atoms with Gasteiger partial charge in [-0.3, -0.25) is 0 Å². The van der Waals surface area contributed by atoms with Crippen molar-refractivity contribution in [2.75, 3.05) is 26.2 Å². The SMILES string of the molecule is Cc1ccc(S(=O)(=O)N2CCN(C3=Nc4ccccc4Oc4ccccc43)CC2)cc1C. The lowest BCUT2D eigenvalue weighted by Gasteiger charge is -2.36. The van der Waals surface area contributed by atoms with Crippen LogP contribution in [0, 0.1) is 13.8 Å². The third-order valence-corrected chi connectivity index (χ3v) is 7.99. The third-order valence-electron chi connectivity index (χ3n) is 6.09. The highest BCUT2D eigenvalue weighted by atomic mass is 32.2. The smallest absolute Gasteiger partial charge is 0.243 e. The number of nitrogens with zero attached hydrogens (tertiary/aromatic N) is 3. The van der Waals surface area contributed by atoms with Crippen LogP contribution in [-0.4, -0.2) is 49.6 Å². The number of ether oxygens (including phenoxy) is 1. The first-order valence-corrected chi connectivity index (χ1v) is 12.1. The molecule has 6 nitrogen and oxygen atoms in total. The Morgan fingerprint density at radius 2 is 1.50 bits per heavy atom. The van der Waals surface area contributed by atoms with Crippen LogP contribution in [0.2, 0.25) is 0 Å². The maximum Gasteiger partial charge on any atom is 0.243 e. The Morgan fingerprint density at radius 1 is 0.812 bits per heavy atom. The third kappa shape index (κ3) is 3.67. The molecule has 3 aromatic rings. The number of fused-ring (bicyclic) bond motifs is 2. The molecule has 3 aromatic carbocycles. The number of hydrogen-bond acceptors (Lipinski definition) is 5. The van der Waals surface area contributed by atoms with Crippen molar-refractivity contribution in [3.05, 3.63) is 83.4 Å². The molecule has 2 aliphatic rings. The number of aryl methyl sites for hydroxylation is 2. The number of benzene rings is 3. The van der Waals surface area contributed by atoms with Crippen LogP contribution in [0.25, 0.3) is 0 Å². The molecule has 7 heteroatoms. The fourth-order valence-corrected chi connectivity index (χ4v) is 5.58. The Bertz CT molecular complexity index is 1310. The fourth-order valence-electron chi connectivity index (χ4n) is 4.07. The van der Waals surface area contributed by atoms with E-state index in [0.29, 0.717) is 36.8 Å². The molecule has 2 heterocycles. The van der Waals surface area contributed by atoms with Crippen LogP contribution in [0.5, 0.6) is 11.5 Å². The summed E-state index contributed by atoms with van der Waals surface area (Å²) >= 11 is 0. The lowest BCUT2D eigenvalue weighted by Crippen LogP contribution is -2.50. The van der Waals surface area contributed by atoms with Crippen LogP contribution in [0.4, 0.5) is 5.69 Å². The lowest BCUT2D eigenvalue weighted by atomic mass is 10.1. The highest BCUT2D eigenvalue weighted by molar-refractivity contribution is 7.89. The average molecular weight is 448 g/mol. The van der Waals surface area contributed by atoms with Crippen molar-refractivity contribution in [1.29, 1.82) is 0 Å². The summed E-state index contributed by atoms with van der Waals surface area (Å²) in [6, 6.07) is 20.9. The highest BCUT2D eigenvalue weighted by Gasteiger charge is 2.31.